The van der Waals surface area contributed by atoms with Crippen LogP contribution in [0.1, 0.15) is 41.4 Å². The molecule has 1 atom stereocenters. The van der Waals surface area contributed by atoms with E-state index in [1.54, 1.807) is 17.9 Å². The smallest absolute Gasteiger partial charge is 0.311 e. The zero-order valence-electron chi connectivity index (χ0n) is 14.6. The molecule has 2 aromatic rings. The van der Waals surface area contributed by atoms with E-state index in [1.165, 1.54) is 30.3 Å². The molecular weight excluding hydrogens is 339 g/mol. The topological polar surface area (TPSA) is 72.7 Å². The summed E-state index contributed by atoms with van der Waals surface area (Å²) in [6.45, 7) is 4.33. The first-order valence-corrected chi connectivity index (χ1v) is 8.43. The van der Waals surface area contributed by atoms with Crippen LogP contribution in [-0.4, -0.2) is 28.9 Å². The molecule has 0 fully saturated rings. The molecule has 1 aliphatic heterocycles. The molecule has 1 aliphatic rings. The van der Waals surface area contributed by atoms with Crippen LogP contribution in [0.4, 0.5) is 10.1 Å². The summed E-state index contributed by atoms with van der Waals surface area (Å²) in [5.41, 5.74) is 1.76. The van der Waals surface area contributed by atoms with Gasteiger partial charge in [0.1, 0.15) is 5.82 Å². The molecule has 136 valence electrons. The second-order valence-electron chi connectivity index (χ2n) is 6.14. The highest BCUT2D eigenvalue weighted by molar-refractivity contribution is 5.95. The molecule has 0 aliphatic carbocycles. The minimum atomic E-state index is -0.563. The predicted octanol–water partition coefficient (Wildman–Crippen LogP) is 3.89. The Kier molecular flexibility index (Phi) is 4.88. The van der Waals surface area contributed by atoms with Gasteiger partial charge in [0, 0.05) is 18.2 Å². The van der Waals surface area contributed by atoms with E-state index in [-0.39, 0.29) is 34.8 Å². The molecule has 26 heavy (non-hydrogen) atoms. The fourth-order valence-corrected chi connectivity index (χ4v) is 3.30. The lowest BCUT2D eigenvalue weighted by atomic mass is 9.93. The van der Waals surface area contributed by atoms with Crippen LogP contribution >= 0.6 is 0 Å². The number of nitro benzene ring substituents is 1. The molecule has 1 amide bonds. The summed E-state index contributed by atoms with van der Waals surface area (Å²) >= 11 is 0. The molecule has 0 bridgehead atoms. The number of benzene rings is 2. The third-order valence-electron chi connectivity index (χ3n) is 4.61. The Bertz CT molecular complexity index is 869. The average molecular weight is 358 g/mol. The molecule has 6 nitrogen and oxygen atoms in total. The van der Waals surface area contributed by atoms with E-state index in [1.807, 2.05) is 6.92 Å². The van der Waals surface area contributed by atoms with Crippen molar-refractivity contribution in [1.82, 2.24) is 4.90 Å². The Labute approximate surface area is 150 Å². The van der Waals surface area contributed by atoms with Crippen molar-refractivity contribution in [3.05, 3.63) is 69.0 Å². The molecule has 1 heterocycles. The molecule has 7 heteroatoms. The van der Waals surface area contributed by atoms with Crippen LogP contribution < -0.4 is 4.74 Å². The van der Waals surface area contributed by atoms with Crippen molar-refractivity contribution in [2.75, 3.05) is 13.2 Å². The van der Waals surface area contributed by atoms with Gasteiger partial charge in [-0.2, -0.15) is 0 Å². The van der Waals surface area contributed by atoms with Crippen LogP contribution in [0.3, 0.4) is 0 Å². The van der Waals surface area contributed by atoms with Gasteiger partial charge >= 0.3 is 5.69 Å². The van der Waals surface area contributed by atoms with Crippen LogP contribution in [0.25, 0.3) is 0 Å². The van der Waals surface area contributed by atoms with Gasteiger partial charge in [0.25, 0.3) is 5.91 Å². The maximum absolute atomic E-state index is 13.6. The summed E-state index contributed by atoms with van der Waals surface area (Å²) in [4.78, 5) is 25.2. The van der Waals surface area contributed by atoms with Crippen molar-refractivity contribution in [3.63, 3.8) is 0 Å². The lowest BCUT2D eigenvalue weighted by Crippen LogP contribution is -2.38. The summed E-state index contributed by atoms with van der Waals surface area (Å²) in [7, 11) is 0. The maximum atomic E-state index is 13.6. The number of ether oxygens (including phenoxy) is 1. The van der Waals surface area contributed by atoms with Crippen molar-refractivity contribution in [1.29, 1.82) is 0 Å². The van der Waals surface area contributed by atoms with Gasteiger partial charge in [-0.05, 0) is 55.7 Å². The predicted molar refractivity (Wildman–Crippen MR) is 93.8 cm³/mol. The van der Waals surface area contributed by atoms with Crippen LogP contribution in [0.15, 0.2) is 36.4 Å². The number of nitrogens with zero attached hydrogens (tertiary/aromatic N) is 2. The van der Waals surface area contributed by atoms with E-state index in [4.69, 9.17) is 4.74 Å². The molecule has 1 unspecified atom stereocenters. The number of rotatable bonds is 4. The Morgan fingerprint density at radius 2 is 2.12 bits per heavy atom. The number of amides is 1. The van der Waals surface area contributed by atoms with Crippen LogP contribution in [-0.2, 0) is 6.42 Å². The first-order chi connectivity index (χ1) is 12.4. The molecule has 0 N–H and O–H groups in total. The number of hydrogen-bond donors (Lipinski definition) is 0. The molecule has 2 aromatic carbocycles. The van der Waals surface area contributed by atoms with Gasteiger partial charge in [0.15, 0.2) is 5.75 Å². The normalized spacial score (nSPS) is 16.1. The zero-order valence-corrected chi connectivity index (χ0v) is 14.6. The van der Waals surface area contributed by atoms with E-state index < -0.39 is 4.92 Å². The highest BCUT2D eigenvalue weighted by atomic mass is 19.1. The van der Waals surface area contributed by atoms with Gasteiger partial charge in [-0.25, -0.2) is 4.39 Å². The molecule has 0 aromatic heterocycles. The zero-order chi connectivity index (χ0) is 18.8. The van der Waals surface area contributed by atoms with E-state index >= 15 is 0 Å². The Morgan fingerprint density at radius 1 is 1.35 bits per heavy atom. The van der Waals surface area contributed by atoms with Crippen LogP contribution in [0.5, 0.6) is 5.75 Å². The van der Waals surface area contributed by atoms with Gasteiger partial charge < -0.3 is 9.64 Å². The van der Waals surface area contributed by atoms with Gasteiger partial charge in [-0.3, -0.25) is 14.9 Å². The SMILES string of the molecule is CCOc1ccc(C(=O)N2CCc3ccc(F)cc3C2C)cc1[N+](=O)[O-]. The van der Waals surface area contributed by atoms with Gasteiger partial charge in [0.2, 0.25) is 0 Å². The number of hydrogen-bond acceptors (Lipinski definition) is 4. The molecule has 0 spiro atoms. The molecule has 0 radical (unpaired) electrons. The minimum absolute atomic E-state index is 0.133. The second kappa shape index (κ2) is 7.11. The van der Waals surface area contributed by atoms with E-state index in [0.29, 0.717) is 19.6 Å². The fraction of sp³-hybridized carbons (Fsp3) is 0.316. The summed E-state index contributed by atoms with van der Waals surface area (Å²) in [6.07, 6.45) is 0.616. The van der Waals surface area contributed by atoms with Crippen LogP contribution in [0.2, 0.25) is 0 Å². The van der Waals surface area contributed by atoms with Crippen molar-refractivity contribution in [3.8, 4) is 5.75 Å². The summed E-state index contributed by atoms with van der Waals surface area (Å²) in [5, 5.41) is 11.3. The monoisotopic (exact) mass is 358 g/mol. The average Bonchev–Trinajstić information content (AvgIpc) is 2.62. The molecule has 0 saturated heterocycles. The van der Waals surface area contributed by atoms with E-state index in [9.17, 15) is 19.3 Å². The van der Waals surface area contributed by atoms with Crippen molar-refractivity contribution in [2.24, 2.45) is 0 Å². The quantitative estimate of drug-likeness (QED) is 0.614. The Balaban J connectivity index is 1.92. The molecular formula is C19H19FN2O4. The van der Waals surface area contributed by atoms with Gasteiger partial charge in [0.05, 0.1) is 17.6 Å². The number of nitro groups is 1. The Morgan fingerprint density at radius 3 is 2.81 bits per heavy atom. The van der Waals surface area contributed by atoms with Gasteiger partial charge in [-0.15, -0.1) is 0 Å². The third-order valence-corrected chi connectivity index (χ3v) is 4.61. The lowest BCUT2D eigenvalue weighted by molar-refractivity contribution is -0.385. The first kappa shape index (κ1) is 17.8. The summed E-state index contributed by atoms with van der Waals surface area (Å²) in [5.74, 6) is -0.534. The standard InChI is InChI=1S/C19H19FN2O4/c1-3-26-18-7-5-14(10-17(18)22(24)25)19(23)21-9-8-13-4-6-15(20)11-16(13)12(21)2/h4-7,10-12H,3,8-9H2,1-2H3. The fourth-order valence-electron chi connectivity index (χ4n) is 3.30. The molecule has 3 rings (SSSR count). The number of fused-ring (bicyclic) bond motifs is 1. The molecule has 0 saturated carbocycles. The van der Waals surface area contributed by atoms with Gasteiger partial charge in [-0.1, -0.05) is 6.07 Å². The lowest BCUT2D eigenvalue weighted by Gasteiger charge is -2.35. The maximum Gasteiger partial charge on any atom is 0.311 e. The Hall–Kier alpha value is -2.96. The first-order valence-electron chi connectivity index (χ1n) is 8.43. The van der Waals surface area contributed by atoms with Crippen molar-refractivity contribution >= 4 is 11.6 Å². The second-order valence-corrected chi connectivity index (χ2v) is 6.14. The summed E-state index contributed by atoms with van der Waals surface area (Å²) in [6, 6.07) is 8.49. The highest BCUT2D eigenvalue weighted by Gasteiger charge is 2.30. The van der Waals surface area contributed by atoms with Crippen molar-refractivity contribution < 1.29 is 18.8 Å². The van der Waals surface area contributed by atoms with E-state index in [2.05, 4.69) is 0 Å². The van der Waals surface area contributed by atoms with Crippen molar-refractivity contribution in [2.45, 2.75) is 26.3 Å². The number of carbonyl (C=O) groups excluding carboxylic acids is 1. The third kappa shape index (κ3) is 3.24. The number of halogens is 1. The highest BCUT2D eigenvalue weighted by Crippen LogP contribution is 2.33. The largest absolute Gasteiger partial charge is 0.487 e. The summed E-state index contributed by atoms with van der Waals surface area (Å²) < 4.78 is 18.8. The number of carbonyl (C=O) groups is 1. The van der Waals surface area contributed by atoms with Crippen LogP contribution in [0, 0.1) is 15.9 Å². The minimum Gasteiger partial charge on any atom is -0.487 e. The van der Waals surface area contributed by atoms with E-state index in [0.717, 1.165) is 11.1 Å².